The van der Waals surface area contributed by atoms with Crippen LogP contribution in [0, 0.1) is 5.82 Å². The van der Waals surface area contributed by atoms with E-state index >= 15 is 0 Å². The fraction of sp³-hybridized carbons (Fsp3) is 0.368. The van der Waals surface area contributed by atoms with Crippen LogP contribution >= 0.6 is 0 Å². The number of carbonyl (C=O) groups excluding carboxylic acids is 1. The quantitative estimate of drug-likeness (QED) is 0.687. The van der Waals surface area contributed by atoms with Gasteiger partial charge in [0.1, 0.15) is 11.6 Å². The number of benzene rings is 1. The second-order valence-corrected chi connectivity index (χ2v) is 6.11. The number of halogens is 1. The minimum atomic E-state index is -0.205. The van der Waals surface area contributed by atoms with E-state index in [0.29, 0.717) is 36.5 Å². The van der Waals surface area contributed by atoms with Gasteiger partial charge in [-0.1, -0.05) is 18.2 Å². The molecule has 5 nitrogen and oxygen atoms in total. The van der Waals surface area contributed by atoms with Crippen molar-refractivity contribution in [3.63, 3.8) is 0 Å². The highest BCUT2D eigenvalue weighted by atomic mass is 19.1. The number of rotatable bonds is 9. The molecular weight excluding hydrogens is 319 g/mol. The van der Waals surface area contributed by atoms with E-state index in [9.17, 15) is 9.18 Å². The van der Waals surface area contributed by atoms with E-state index < -0.39 is 0 Å². The van der Waals surface area contributed by atoms with Gasteiger partial charge in [-0.15, -0.1) is 0 Å². The van der Waals surface area contributed by atoms with E-state index in [4.69, 9.17) is 0 Å². The lowest BCUT2D eigenvalue weighted by Crippen LogP contribution is -2.27. The number of nitrogens with one attached hydrogen (secondary N) is 2. The first-order valence-corrected chi connectivity index (χ1v) is 8.42. The van der Waals surface area contributed by atoms with Crippen LogP contribution in [-0.2, 0) is 6.42 Å². The van der Waals surface area contributed by atoms with Crippen molar-refractivity contribution in [3.8, 4) is 0 Å². The van der Waals surface area contributed by atoms with Crippen molar-refractivity contribution < 1.29 is 9.18 Å². The topological polar surface area (TPSA) is 57.3 Å². The molecule has 1 heterocycles. The van der Waals surface area contributed by atoms with Crippen LogP contribution in [0.1, 0.15) is 22.3 Å². The number of amides is 1. The van der Waals surface area contributed by atoms with Gasteiger partial charge in [0.25, 0.3) is 5.91 Å². The fourth-order valence-electron chi connectivity index (χ4n) is 2.39. The summed E-state index contributed by atoms with van der Waals surface area (Å²) in [6.07, 6.45) is 3.05. The summed E-state index contributed by atoms with van der Waals surface area (Å²) in [5.41, 5.74) is 1.22. The van der Waals surface area contributed by atoms with Crippen LogP contribution in [0.3, 0.4) is 0 Å². The highest BCUT2D eigenvalue weighted by molar-refractivity contribution is 5.94. The Kier molecular flexibility index (Phi) is 7.35. The first-order chi connectivity index (χ1) is 12.1. The zero-order valence-electron chi connectivity index (χ0n) is 14.8. The van der Waals surface area contributed by atoms with Gasteiger partial charge < -0.3 is 15.5 Å². The van der Waals surface area contributed by atoms with Gasteiger partial charge >= 0.3 is 0 Å². The minimum Gasteiger partial charge on any atom is -0.370 e. The molecule has 1 aromatic carbocycles. The lowest BCUT2D eigenvalue weighted by molar-refractivity contribution is 0.0952. The van der Waals surface area contributed by atoms with E-state index in [1.165, 1.54) is 6.07 Å². The molecule has 2 rings (SSSR count). The van der Waals surface area contributed by atoms with Gasteiger partial charge in [0.05, 0.1) is 0 Å². The van der Waals surface area contributed by atoms with Crippen LogP contribution in [-0.4, -0.2) is 49.5 Å². The third-order valence-electron chi connectivity index (χ3n) is 3.75. The molecular formula is C19H25FN4O. The molecule has 0 aliphatic carbocycles. The van der Waals surface area contributed by atoms with Gasteiger partial charge in [0.2, 0.25) is 0 Å². The van der Waals surface area contributed by atoms with E-state index in [-0.39, 0.29) is 11.7 Å². The number of pyridine rings is 1. The van der Waals surface area contributed by atoms with Crippen molar-refractivity contribution in [3.05, 3.63) is 59.5 Å². The number of aromatic nitrogens is 1. The Hall–Kier alpha value is -2.47. The Morgan fingerprint density at radius 1 is 1.20 bits per heavy atom. The van der Waals surface area contributed by atoms with Gasteiger partial charge in [-0.25, -0.2) is 9.37 Å². The average Bonchev–Trinajstić information content (AvgIpc) is 2.60. The molecule has 2 N–H and O–H groups in total. The van der Waals surface area contributed by atoms with Gasteiger partial charge in [0, 0.05) is 24.8 Å². The maximum Gasteiger partial charge on any atom is 0.251 e. The monoisotopic (exact) mass is 344 g/mol. The SMILES string of the molecule is CN(C)CCCNC(=O)c1ccnc(NCCc2ccccc2F)c1. The molecule has 0 saturated carbocycles. The van der Waals surface area contributed by atoms with Gasteiger partial charge in [0.15, 0.2) is 0 Å². The van der Waals surface area contributed by atoms with E-state index in [2.05, 4.69) is 20.5 Å². The lowest BCUT2D eigenvalue weighted by Gasteiger charge is -2.11. The van der Waals surface area contributed by atoms with Crippen LogP contribution in [0.15, 0.2) is 42.6 Å². The van der Waals surface area contributed by atoms with Gasteiger partial charge in [-0.05, 0) is 57.2 Å². The molecule has 0 unspecified atom stereocenters. The normalized spacial score (nSPS) is 10.7. The van der Waals surface area contributed by atoms with Crippen LogP contribution in [0.25, 0.3) is 0 Å². The molecule has 25 heavy (non-hydrogen) atoms. The highest BCUT2D eigenvalue weighted by Crippen LogP contribution is 2.09. The van der Waals surface area contributed by atoms with Crippen LogP contribution in [0.5, 0.6) is 0 Å². The summed E-state index contributed by atoms with van der Waals surface area (Å²) in [4.78, 5) is 18.4. The van der Waals surface area contributed by atoms with E-state index in [1.54, 1.807) is 30.5 Å². The second-order valence-electron chi connectivity index (χ2n) is 6.11. The second kappa shape index (κ2) is 9.74. The number of anilines is 1. The van der Waals surface area contributed by atoms with Crippen LogP contribution in [0.4, 0.5) is 10.2 Å². The summed E-state index contributed by atoms with van der Waals surface area (Å²) in [5.74, 6) is 0.290. The highest BCUT2D eigenvalue weighted by Gasteiger charge is 2.07. The number of hydrogen-bond donors (Lipinski definition) is 2. The molecule has 0 aliphatic heterocycles. The molecule has 0 saturated heterocycles. The fourth-order valence-corrected chi connectivity index (χ4v) is 2.39. The van der Waals surface area contributed by atoms with E-state index in [0.717, 1.165) is 13.0 Å². The summed E-state index contributed by atoms with van der Waals surface area (Å²) in [6, 6.07) is 10.1. The molecule has 6 heteroatoms. The maximum absolute atomic E-state index is 13.6. The first-order valence-electron chi connectivity index (χ1n) is 8.42. The largest absolute Gasteiger partial charge is 0.370 e. The molecule has 0 fully saturated rings. The van der Waals surface area contributed by atoms with Gasteiger partial charge in [-0.2, -0.15) is 0 Å². The van der Waals surface area contributed by atoms with E-state index in [1.807, 2.05) is 20.2 Å². The Morgan fingerprint density at radius 3 is 2.76 bits per heavy atom. The van der Waals surface area contributed by atoms with Crippen LogP contribution in [0.2, 0.25) is 0 Å². The summed E-state index contributed by atoms with van der Waals surface area (Å²) >= 11 is 0. The van der Waals surface area contributed by atoms with Crippen molar-refractivity contribution in [1.29, 1.82) is 0 Å². The zero-order valence-corrected chi connectivity index (χ0v) is 14.8. The van der Waals surface area contributed by atoms with Crippen LogP contribution < -0.4 is 10.6 Å². The Balaban J connectivity index is 1.82. The number of hydrogen-bond acceptors (Lipinski definition) is 4. The molecule has 134 valence electrons. The molecule has 2 aromatic rings. The molecule has 1 aromatic heterocycles. The predicted octanol–water partition coefficient (Wildman–Crippen LogP) is 2.56. The van der Waals surface area contributed by atoms with Crippen molar-refractivity contribution in [2.45, 2.75) is 12.8 Å². The predicted molar refractivity (Wildman–Crippen MR) is 98.3 cm³/mol. The van der Waals surface area contributed by atoms with Crippen molar-refractivity contribution in [1.82, 2.24) is 15.2 Å². The number of nitrogens with zero attached hydrogens (tertiary/aromatic N) is 2. The maximum atomic E-state index is 13.6. The van der Waals surface area contributed by atoms with Gasteiger partial charge in [-0.3, -0.25) is 4.79 Å². The summed E-state index contributed by atoms with van der Waals surface area (Å²) < 4.78 is 13.6. The zero-order chi connectivity index (χ0) is 18.1. The van der Waals surface area contributed by atoms with Crippen molar-refractivity contribution in [2.24, 2.45) is 0 Å². The molecule has 0 aliphatic rings. The molecule has 0 atom stereocenters. The third kappa shape index (κ3) is 6.51. The number of carbonyl (C=O) groups is 1. The lowest BCUT2D eigenvalue weighted by atomic mass is 10.1. The molecule has 0 radical (unpaired) electrons. The minimum absolute atomic E-state index is 0.113. The molecule has 0 bridgehead atoms. The Bertz CT molecular complexity index is 691. The smallest absolute Gasteiger partial charge is 0.251 e. The summed E-state index contributed by atoms with van der Waals surface area (Å²) in [7, 11) is 4.01. The average molecular weight is 344 g/mol. The van der Waals surface area contributed by atoms with Crippen molar-refractivity contribution >= 4 is 11.7 Å². The van der Waals surface area contributed by atoms with Crippen molar-refractivity contribution in [2.75, 3.05) is 39.0 Å². The molecule has 0 spiro atoms. The summed E-state index contributed by atoms with van der Waals surface area (Å²) in [6.45, 7) is 2.11. The Labute approximate surface area is 148 Å². The first kappa shape index (κ1) is 18.9. The third-order valence-corrected chi connectivity index (χ3v) is 3.75. The summed E-state index contributed by atoms with van der Waals surface area (Å²) in [5, 5.41) is 6.03. The molecule has 1 amide bonds. The Morgan fingerprint density at radius 2 is 2.00 bits per heavy atom. The standard InChI is InChI=1S/C19H25FN4O/c1-24(2)13-5-10-23-19(25)16-9-12-22-18(14-16)21-11-8-15-6-3-4-7-17(15)20/h3-4,6-7,9,12,14H,5,8,10-11,13H2,1-2H3,(H,21,22)(H,23,25).